The molecule has 5 heteroatoms. The van der Waals surface area contributed by atoms with E-state index in [1.165, 1.54) is 19.5 Å². The first-order valence-corrected chi connectivity index (χ1v) is 4.56. The number of hydrogen-bond donors (Lipinski definition) is 0. The predicted molar refractivity (Wildman–Crippen MR) is 59.5 cm³/mol. The van der Waals surface area contributed by atoms with E-state index < -0.39 is 5.82 Å². The van der Waals surface area contributed by atoms with Gasteiger partial charge in [0, 0.05) is 26.2 Å². The highest BCUT2D eigenvalue weighted by molar-refractivity contribution is 5.66. The third kappa shape index (κ3) is 2.70. The van der Waals surface area contributed by atoms with Crippen molar-refractivity contribution in [1.82, 2.24) is 4.90 Å². The highest BCUT2D eigenvalue weighted by Crippen LogP contribution is 2.27. The lowest BCUT2D eigenvalue weighted by molar-refractivity contribution is 0.411. The van der Waals surface area contributed by atoms with Crippen molar-refractivity contribution in [3.05, 3.63) is 23.5 Å². The van der Waals surface area contributed by atoms with Crippen molar-refractivity contribution in [3.8, 4) is 11.8 Å². The van der Waals surface area contributed by atoms with Gasteiger partial charge >= 0.3 is 0 Å². The largest absolute Gasteiger partial charge is 0.497 e. The molecule has 0 aliphatic heterocycles. The lowest BCUT2D eigenvalue weighted by Crippen LogP contribution is -2.07. The predicted octanol–water partition coefficient (Wildman–Crippen LogP) is 1.93. The van der Waals surface area contributed by atoms with Crippen LogP contribution in [0.15, 0.2) is 17.1 Å². The summed E-state index contributed by atoms with van der Waals surface area (Å²) in [6, 6.07) is 4.45. The van der Waals surface area contributed by atoms with Gasteiger partial charge in [-0.2, -0.15) is 5.26 Å². The molecule has 0 radical (unpaired) electrons. The topological polar surface area (TPSA) is 48.6 Å². The Bertz CT molecular complexity index is 449. The molecule has 1 rings (SSSR count). The van der Waals surface area contributed by atoms with Crippen LogP contribution < -0.4 is 4.74 Å². The minimum atomic E-state index is -0.632. The molecule has 0 fully saturated rings. The lowest BCUT2D eigenvalue weighted by atomic mass is 10.2. The van der Waals surface area contributed by atoms with Crippen LogP contribution >= 0.6 is 0 Å². The van der Waals surface area contributed by atoms with E-state index in [-0.39, 0.29) is 11.3 Å². The molecular weight excluding hydrogens is 209 g/mol. The second-order valence-electron chi connectivity index (χ2n) is 3.32. The smallest absolute Gasteiger partial charge is 0.146 e. The van der Waals surface area contributed by atoms with Crippen LogP contribution in [0.2, 0.25) is 0 Å². The van der Waals surface area contributed by atoms with Crippen LogP contribution in [-0.4, -0.2) is 32.4 Å². The van der Waals surface area contributed by atoms with E-state index in [1.807, 2.05) is 0 Å². The molecule has 0 aliphatic carbocycles. The summed E-state index contributed by atoms with van der Waals surface area (Å²) in [5.74, 6) is -0.296. The molecule has 0 spiro atoms. The molecule has 0 bridgehead atoms. The van der Waals surface area contributed by atoms with Crippen LogP contribution in [0.25, 0.3) is 0 Å². The molecule has 1 aromatic rings. The maximum absolute atomic E-state index is 13.4. The number of halogens is 1. The van der Waals surface area contributed by atoms with Crippen LogP contribution in [0.3, 0.4) is 0 Å². The summed E-state index contributed by atoms with van der Waals surface area (Å²) in [6.07, 6.45) is 1.50. The summed E-state index contributed by atoms with van der Waals surface area (Å²) in [4.78, 5) is 5.70. The van der Waals surface area contributed by atoms with Crippen molar-refractivity contribution in [2.75, 3.05) is 21.2 Å². The fourth-order valence-electron chi connectivity index (χ4n) is 1.08. The van der Waals surface area contributed by atoms with E-state index in [0.29, 0.717) is 5.75 Å². The Balaban J connectivity index is 3.24. The number of benzene rings is 1. The average Bonchev–Trinajstić information content (AvgIpc) is 2.25. The van der Waals surface area contributed by atoms with Gasteiger partial charge in [-0.25, -0.2) is 9.38 Å². The fraction of sp³-hybridized carbons (Fsp3) is 0.273. The lowest BCUT2D eigenvalue weighted by Gasteiger charge is -2.06. The molecule has 0 amide bonds. The van der Waals surface area contributed by atoms with Crippen molar-refractivity contribution >= 4 is 12.0 Å². The molecular formula is C11H12FN3O. The number of aliphatic imine (C=N–C) groups is 1. The second-order valence-corrected chi connectivity index (χ2v) is 3.32. The van der Waals surface area contributed by atoms with Crippen molar-refractivity contribution in [2.24, 2.45) is 4.99 Å². The van der Waals surface area contributed by atoms with Gasteiger partial charge in [-0.1, -0.05) is 0 Å². The van der Waals surface area contributed by atoms with Crippen molar-refractivity contribution in [1.29, 1.82) is 5.26 Å². The molecule has 0 saturated heterocycles. The second kappa shape index (κ2) is 5.12. The van der Waals surface area contributed by atoms with E-state index in [1.54, 1.807) is 25.1 Å². The highest BCUT2D eigenvalue weighted by atomic mass is 19.1. The molecule has 0 atom stereocenters. The summed E-state index contributed by atoms with van der Waals surface area (Å²) in [5.41, 5.74) is 0.173. The minimum absolute atomic E-state index is 0.0844. The normalized spacial score (nSPS) is 10.2. The average molecular weight is 221 g/mol. The Kier molecular flexibility index (Phi) is 3.84. The number of methoxy groups -OCH3 is 1. The van der Waals surface area contributed by atoms with Gasteiger partial charge in [0.2, 0.25) is 0 Å². The first-order chi connectivity index (χ1) is 7.58. The van der Waals surface area contributed by atoms with Crippen LogP contribution in [-0.2, 0) is 0 Å². The molecule has 16 heavy (non-hydrogen) atoms. The SMILES string of the molecule is COc1cc(F)c(C#N)c(/N=C/N(C)C)c1. The maximum Gasteiger partial charge on any atom is 0.146 e. The van der Waals surface area contributed by atoms with Crippen LogP contribution in [0.1, 0.15) is 5.56 Å². The first kappa shape index (κ1) is 12.0. The summed E-state index contributed by atoms with van der Waals surface area (Å²) in [5, 5.41) is 8.81. The molecule has 0 heterocycles. The van der Waals surface area contributed by atoms with Gasteiger partial charge in [0.15, 0.2) is 0 Å². The van der Waals surface area contributed by atoms with Gasteiger partial charge in [0.1, 0.15) is 23.2 Å². The standard InChI is InChI=1S/C11H12FN3O/c1-15(2)7-14-11-5-8(16-3)4-10(12)9(11)6-13/h4-5,7H,1-3H3/b14-7+. The van der Waals surface area contributed by atoms with Gasteiger partial charge in [0.25, 0.3) is 0 Å². The quantitative estimate of drug-likeness (QED) is 0.578. The molecule has 4 nitrogen and oxygen atoms in total. The molecule has 0 aromatic heterocycles. The zero-order chi connectivity index (χ0) is 12.1. The number of nitrogens with zero attached hydrogens (tertiary/aromatic N) is 3. The third-order valence-electron chi connectivity index (χ3n) is 1.82. The molecule has 0 aliphatic rings. The Morgan fingerprint density at radius 2 is 2.19 bits per heavy atom. The summed E-state index contributed by atoms with van der Waals surface area (Å²) in [7, 11) is 5.00. The van der Waals surface area contributed by atoms with Crippen LogP contribution in [0.4, 0.5) is 10.1 Å². The highest BCUT2D eigenvalue weighted by Gasteiger charge is 2.10. The molecule has 84 valence electrons. The molecule has 0 unspecified atom stereocenters. The Labute approximate surface area is 93.6 Å². The zero-order valence-electron chi connectivity index (χ0n) is 9.36. The number of rotatable bonds is 3. The first-order valence-electron chi connectivity index (χ1n) is 4.56. The maximum atomic E-state index is 13.4. The van der Waals surface area contributed by atoms with E-state index in [0.717, 1.165) is 6.07 Å². The Hall–Kier alpha value is -2.09. The summed E-state index contributed by atoms with van der Waals surface area (Å²) >= 11 is 0. The molecule has 0 N–H and O–H groups in total. The van der Waals surface area contributed by atoms with Gasteiger partial charge < -0.3 is 9.64 Å². The van der Waals surface area contributed by atoms with Crippen LogP contribution in [0, 0.1) is 17.1 Å². The van der Waals surface area contributed by atoms with E-state index in [9.17, 15) is 4.39 Å². The van der Waals surface area contributed by atoms with Crippen molar-refractivity contribution in [3.63, 3.8) is 0 Å². The number of ether oxygens (including phenoxy) is 1. The number of nitriles is 1. The summed E-state index contributed by atoms with van der Waals surface area (Å²) in [6.45, 7) is 0. The Morgan fingerprint density at radius 3 is 2.69 bits per heavy atom. The summed E-state index contributed by atoms with van der Waals surface area (Å²) < 4.78 is 18.3. The molecule has 0 saturated carbocycles. The van der Waals surface area contributed by atoms with E-state index in [4.69, 9.17) is 10.00 Å². The van der Waals surface area contributed by atoms with Gasteiger partial charge in [-0.05, 0) is 0 Å². The fourth-order valence-corrected chi connectivity index (χ4v) is 1.08. The third-order valence-corrected chi connectivity index (χ3v) is 1.82. The zero-order valence-corrected chi connectivity index (χ0v) is 9.36. The Morgan fingerprint density at radius 1 is 1.50 bits per heavy atom. The van der Waals surface area contributed by atoms with E-state index in [2.05, 4.69) is 4.99 Å². The van der Waals surface area contributed by atoms with Crippen molar-refractivity contribution in [2.45, 2.75) is 0 Å². The van der Waals surface area contributed by atoms with Crippen molar-refractivity contribution < 1.29 is 9.13 Å². The van der Waals surface area contributed by atoms with E-state index >= 15 is 0 Å². The molecule has 1 aromatic carbocycles. The number of hydrogen-bond acceptors (Lipinski definition) is 3. The van der Waals surface area contributed by atoms with Gasteiger partial charge in [-0.3, -0.25) is 0 Å². The minimum Gasteiger partial charge on any atom is -0.497 e. The van der Waals surface area contributed by atoms with Gasteiger partial charge in [-0.15, -0.1) is 0 Å². The monoisotopic (exact) mass is 221 g/mol. The van der Waals surface area contributed by atoms with Gasteiger partial charge in [0.05, 0.1) is 19.1 Å². The van der Waals surface area contributed by atoms with Crippen LogP contribution in [0.5, 0.6) is 5.75 Å².